The van der Waals surface area contributed by atoms with Gasteiger partial charge in [0, 0.05) is 12.6 Å². The third-order valence-electron chi connectivity index (χ3n) is 2.75. The van der Waals surface area contributed by atoms with Gasteiger partial charge in [0.15, 0.2) is 0 Å². The van der Waals surface area contributed by atoms with Gasteiger partial charge in [-0.15, -0.1) is 0 Å². The van der Waals surface area contributed by atoms with Crippen molar-refractivity contribution >= 4 is 10.0 Å². The molecule has 4 heteroatoms. The molecule has 1 aromatic carbocycles. The minimum absolute atomic E-state index is 0.241. The molecule has 0 spiro atoms. The van der Waals surface area contributed by atoms with E-state index in [1.807, 2.05) is 13.0 Å². The summed E-state index contributed by atoms with van der Waals surface area (Å²) >= 11 is 0. The second-order valence-electron chi connectivity index (χ2n) is 4.16. The summed E-state index contributed by atoms with van der Waals surface area (Å²) in [4.78, 5) is 0.412. The maximum Gasteiger partial charge on any atom is 0.243 e. The highest BCUT2D eigenvalue weighted by molar-refractivity contribution is 7.89. The second kappa shape index (κ2) is 4.55. The van der Waals surface area contributed by atoms with E-state index in [4.69, 9.17) is 0 Å². The van der Waals surface area contributed by atoms with E-state index in [2.05, 4.69) is 0 Å². The molecular formula is C12H17NO2S. The summed E-state index contributed by atoms with van der Waals surface area (Å²) in [6.07, 6.45) is 2.88. The van der Waals surface area contributed by atoms with Gasteiger partial charge in [-0.2, -0.15) is 4.31 Å². The van der Waals surface area contributed by atoms with Gasteiger partial charge in [-0.3, -0.25) is 0 Å². The Balaban J connectivity index is 2.29. The van der Waals surface area contributed by atoms with Gasteiger partial charge in [0.1, 0.15) is 0 Å². The second-order valence-corrected chi connectivity index (χ2v) is 6.05. The third-order valence-corrected chi connectivity index (χ3v) is 4.71. The fraction of sp³-hybridized carbons (Fsp3) is 0.500. The Hall–Kier alpha value is -0.870. The lowest BCUT2D eigenvalue weighted by atomic mass is 10.4. The molecule has 0 aliphatic heterocycles. The number of hydrogen-bond acceptors (Lipinski definition) is 2. The molecule has 1 aliphatic carbocycles. The van der Waals surface area contributed by atoms with Crippen LogP contribution in [0.1, 0.15) is 26.2 Å². The van der Waals surface area contributed by atoms with Crippen LogP contribution in [0.4, 0.5) is 0 Å². The summed E-state index contributed by atoms with van der Waals surface area (Å²) in [5, 5.41) is 0. The van der Waals surface area contributed by atoms with Crippen LogP contribution in [0.3, 0.4) is 0 Å². The summed E-state index contributed by atoms with van der Waals surface area (Å²) in [5.41, 5.74) is 0. The Bertz CT molecular complexity index is 437. The average molecular weight is 239 g/mol. The zero-order valence-corrected chi connectivity index (χ0v) is 10.3. The van der Waals surface area contributed by atoms with Gasteiger partial charge in [-0.05, 0) is 31.4 Å². The highest BCUT2D eigenvalue weighted by atomic mass is 32.2. The standard InChI is InChI=1S/C12H17NO2S/c1-2-10-13(11-8-9-11)16(14,15)12-6-4-3-5-7-12/h3-7,11H,2,8-10H2,1H3. The van der Waals surface area contributed by atoms with Crippen LogP contribution in [0.2, 0.25) is 0 Å². The van der Waals surface area contributed by atoms with Gasteiger partial charge < -0.3 is 0 Å². The monoisotopic (exact) mass is 239 g/mol. The van der Waals surface area contributed by atoms with Crippen LogP contribution in [0.5, 0.6) is 0 Å². The van der Waals surface area contributed by atoms with Crippen molar-refractivity contribution < 1.29 is 8.42 Å². The molecule has 0 radical (unpaired) electrons. The van der Waals surface area contributed by atoms with Crippen molar-refractivity contribution in [1.82, 2.24) is 4.31 Å². The lowest BCUT2D eigenvalue weighted by molar-refractivity contribution is 0.403. The fourth-order valence-corrected chi connectivity index (χ4v) is 3.61. The van der Waals surface area contributed by atoms with Gasteiger partial charge in [0.2, 0.25) is 10.0 Å². The summed E-state index contributed by atoms with van der Waals surface area (Å²) in [7, 11) is -3.27. The molecule has 0 atom stereocenters. The lowest BCUT2D eigenvalue weighted by Crippen LogP contribution is -2.33. The normalized spacial score (nSPS) is 16.6. The first-order valence-electron chi connectivity index (χ1n) is 5.73. The fourth-order valence-electron chi connectivity index (χ4n) is 1.81. The maximum absolute atomic E-state index is 12.3. The van der Waals surface area contributed by atoms with Crippen molar-refractivity contribution in [3.8, 4) is 0 Å². The molecule has 0 unspecified atom stereocenters. The quantitative estimate of drug-likeness (QED) is 0.790. The van der Waals surface area contributed by atoms with Crippen LogP contribution in [0.25, 0.3) is 0 Å². The van der Waals surface area contributed by atoms with Crippen molar-refractivity contribution in [3.05, 3.63) is 30.3 Å². The Morgan fingerprint density at radius 2 is 1.88 bits per heavy atom. The van der Waals surface area contributed by atoms with Gasteiger partial charge >= 0.3 is 0 Å². The molecule has 0 N–H and O–H groups in total. The van der Waals surface area contributed by atoms with Crippen LogP contribution >= 0.6 is 0 Å². The SMILES string of the molecule is CCCN(C1CC1)S(=O)(=O)c1ccccc1. The molecule has 1 aromatic rings. The first-order chi connectivity index (χ1) is 7.66. The van der Waals surface area contributed by atoms with E-state index in [0.717, 1.165) is 19.3 Å². The van der Waals surface area contributed by atoms with E-state index in [0.29, 0.717) is 11.4 Å². The highest BCUT2D eigenvalue weighted by Crippen LogP contribution is 2.31. The molecule has 1 aliphatic rings. The average Bonchev–Trinajstić information content (AvgIpc) is 3.11. The molecule has 0 heterocycles. The van der Waals surface area contributed by atoms with Gasteiger partial charge in [-0.25, -0.2) is 8.42 Å². The lowest BCUT2D eigenvalue weighted by Gasteiger charge is -2.21. The number of nitrogens with zero attached hydrogens (tertiary/aromatic N) is 1. The molecular weight excluding hydrogens is 222 g/mol. The number of rotatable bonds is 5. The van der Waals surface area contributed by atoms with E-state index in [-0.39, 0.29) is 6.04 Å². The predicted molar refractivity (Wildman–Crippen MR) is 63.6 cm³/mol. The van der Waals surface area contributed by atoms with Gasteiger partial charge in [0.05, 0.1) is 4.90 Å². The van der Waals surface area contributed by atoms with E-state index < -0.39 is 10.0 Å². The molecule has 2 rings (SSSR count). The smallest absolute Gasteiger partial charge is 0.207 e. The molecule has 0 aromatic heterocycles. The molecule has 0 saturated heterocycles. The van der Waals surface area contributed by atoms with Crippen LogP contribution in [0, 0.1) is 0 Å². The first-order valence-corrected chi connectivity index (χ1v) is 7.17. The number of benzene rings is 1. The zero-order valence-electron chi connectivity index (χ0n) is 9.46. The summed E-state index contributed by atoms with van der Waals surface area (Å²) in [5.74, 6) is 0. The van der Waals surface area contributed by atoms with Crippen LogP contribution in [0.15, 0.2) is 35.2 Å². The largest absolute Gasteiger partial charge is 0.243 e. The van der Waals surface area contributed by atoms with E-state index in [1.54, 1.807) is 28.6 Å². The minimum Gasteiger partial charge on any atom is -0.207 e. The molecule has 88 valence electrons. The summed E-state index contributed by atoms with van der Waals surface area (Å²) in [6.45, 7) is 2.64. The van der Waals surface area contributed by atoms with Crippen molar-refractivity contribution in [2.75, 3.05) is 6.54 Å². The van der Waals surface area contributed by atoms with Crippen LogP contribution < -0.4 is 0 Å². The zero-order chi connectivity index (χ0) is 11.6. The van der Waals surface area contributed by atoms with Crippen molar-refractivity contribution in [2.45, 2.75) is 37.1 Å². The summed E-state index contributed by atoms with van der Waals surface area (Å²) < 4.78 is 26.3. The molecule has 16 heavy (non-hydrogen) atoms. The Labute approximate surface area is 97.1 Å². The third kappa shape index (κ3) is 2.28. The van der Waals surface area contributed by atoms with E-state index in [1.165, 1.54) is 0 Å². The molecule has 3 nitrogen and oxygen atoms in total. The molecule has 0 amide bonds. The van der Waals surface area contributed by atoms with E-state index >= 15 is 0 Å². The summed E-state index contributed by atoms with van der Waals surface area (Å²) in [6, 6.07) is 8.94. The highest BCUT2D eigenvalue weighted by Gasteiger charge is 2.37. The Morgan fingerprint density at radius 3 is 2.38 bits per heavy atom. The predicted octanol–water partition coefficient (Wildman–Crippen LogP) is 2.25. The first kappa shape index (κ1) is 11.6. The van der Waals surface area contributed by atoms with Gasteiger partial charge in [-0.1, -0.05) is 25.1 Å². The molecule has 0 bridgehead atoms. The molecule has 1 saturated carbocycles. The Kier molecular flexibility index (Phi) is 3.30. The number of sulfonamides is 1. The van der Waals surface area contributed by atoms with Gasteiger partial charge in [0.25, 0.3) is 0 Å². The number of hydrogen-bond donors (Lipinski definition) is 0. The van der Waals surface area contributed by atoms with Crippen LogP contribution in [-0.2, 0) is 10.0 Å². The van der Waals surface area contributed by atoms with Crippen molar-refractivity contribution in [3.63, 3.8) is 0 Å². The molecule has 1 fully saturated rings. The van der Waals surface area contributed by atoms with Crippen LogP contribution in [-0.4, -0.2) is 25.3 Å². The van der Waals surface area contributed by atoms with E-state index in [9.17, 15) is 8.42 Å². The topological polar surface area (TPSA) is 37.4 Å². The van der Waals surface area contributed by atoms with Crippen molar-refractivity contribution in [2.24, 2.45) is 0 Å². The maximum atomic E-state index is 12.3. The minimum atomic E-state index is -3.27. The Morgan fingerprint density at radius 1 is 1.25 bits per heavy atom. The van der Waals surface area contributed by atoms with Crippen molar-refractivity contribution in [1.29, 1.82) is 0 Å².